The molecule has 1 amide bonds. The summed E-state index contributed by atoms with van der Waals surface area (Å²) in [6.07, 6.45) is 0. The van der Waals surface area contributed by atoms with Crippen LogP contribution in [0.15, 0.2) is 5.38 Å². The largest absolute Gasteiger partial charge is 0.320 e. The number of rotatable bonds is 3. The molecule has 0 aliphatic heterocycles. The smallest absolute Gasteiger partial charge is 0.242 e. The number of nitrogens with zero attached hydrogens (tertiary/aromatic N) is 1. The molecule has 0 aliphatic carbocycles. The Balaban J connectivity index is 0.00000196. The summed E-state index contributed by atoms with van der Waals surface area (Å²) >= 11 is 1.42. The second kappa shape index (κ2) is 6.05. The molecule has 0 spiro atoms. The molecule has 1 atom stereocenters. The van der Waals surface area contributed by atoms with E-state index in [4.69, 9.17) is 5.73 Å². The van der Waals surface area contributed by atoms with Gasteiger partial charge in [-0.3, -0.25) is 4.79 Å². The summed E-state index contributed by atoms with van der Waals surface area (Å²) in [7, 11) is 0. The summed E-state index contributed by atoms with van der Waals surface area (Å²) in [6, 6.07) is -0.499. The van der Waals surface area contributed by atoms with E-state index in [0.29, 0.717) is 11.0 Å². The molecule has 86 valence electrons. The van der Waals surface area contributed by atoms with Gasteiger partial charge in [-0.15, -0.1) is 23.7 Å². The molecule has 1 heterocycles. The first-order chi connectivity index (χ1) is 6.50. The monoisotopic (exact) mass is 249 g/mol. The van der Waals surface area contributed by atoms with Crippen molar-refractivity contribution in [3.05, 3.63) is 11.1 Å². The minimum absolute atomic E-state index is 0. The van der Waals surface area contributed by atoms with Crippen molar-refractivity contribution < 1.29 is 4.79 Å². The fourth-order valence-electron chi connectivity index (χ4n) is 0.828. The molecule has 0 saturated heterocycles. The Morgan fingerprint density at radius 2 is 2.13 bits per heavy atom. The fourth-order valence-corrected chi connectivity index (χ4v) is 1.70. The Morgan fingerprint density at radius 1 is 1.53 bits per heavy atom. The van der Waals surface area contributed by atoms with Gasteiger partial charge in [-0.05, 0) is 12.8 Å². The van der Waals surface area contributed by atoms with Gasteiger partial charge in [0.25, 0.3) is 0 Å². The third-order valence-electron chi connectivity index (χ3n) is 1.76. The van der Waals surface area contributed by atoms with Gasteiger partial charge in [0.2, 0.25) is 5.91 Å². The van der Waals surface area contributed by atoms with Gasteiger partial charge < -0.3 is 11.1 Å². The molecule has 1 aromatic rings. The Kier molecular flexibility index (Phi) is 5.79. The number of hydrogen-bond donors (Lipinski definition) is 2. The van der Waals surface area contributed by atoms with Gasteiger partial charge in [0.05, 0.1) is 11.7 Å². The van der Waals surface area contributed by atoms with E-state index in [2.05, 4.69) is 24.1 Å². The lowest BCUT2D eigenvalue weighted by Gasteiger charge is -2.03. The predicted octanol–water partition coefficient (Wildman–Crippen LogP) is 1.97. The van der Waals surface area contributed by atoms with Crippen molar-refractivity contribution in [2.24, 2.45) is 5.73 Å². The molecule has 4 nitrogen and oxygen atoms in total. The van der Waals surface area contributed by atoms with Crippen LogP contribution in [-0.2, 0) is 4.79 Å². The minimum Gasteiger partial charge on any atom is -0.320 e. The highest BCUT2D eigenvalue weighted by Gasteiger charge is 2.11. The molecule has 6 heteroatoms. The van der Waals surface area contributed by atoms with Crippen LogP contribution in [0.25, 0.3) is 0 Å². The first kappa shape index (κ1) is 14.3. The van der Waals surface area contributed by atoms with Gasteiger partial charge >= 0.3 is 0 Å². The van der Waals surface area contributed by atoms with Crippen molar-refractivity contribution in [1.82, 2.24) is 4.98 Å². The summed E-state index contributed by atoms with van der Waals surface area (Å²) < 4.78 is 0. The van der Waals surface area contributed by atoms with Gasteiger partial charge in [-0.25, -0.2) is 4.98 Å². The number of anilines is 1. The molecular formula is C9H16ClN3OS. The molecule has 1 aromatic heterocycles. The summed E-state index contributed by atoms with van der Waals surface area (Å²) in [6.45, 7) is 5.77. The van der Waals surface area contributed by atoms with Gasteiger partial charge in [-0.2, -0.15) is 0 Å². The van der Waals surface area contributed by atoms with Crippen molar-refractivity contribution in [2.45, 2.75) is 32.7 Å². The topological polar surface area (TPSA) is 68.0 Å². The van der Waals surface area contributed by atoms with Crippen molar-refractivity contribution in [3.63, 3.8) is 0 Å². The summed E-state index contributed by atoms with van der Waals surface area (Å²) in [5.74, 6) is 0.182. The third kappa shape index (κ3) is 4.15. The van der Waals surface area contributed by atoms with E-state index in [-0.39, 0.29) is 18.3 Å². The SMILES string of the molecule is CC(N)C(=O)Nc1nc(C(C)C)cs1.Cl. The Bertz CT molecular complexity index is 325. The Hall–Kier alpha value is -0.650. The highest BCUT2D eigenvalue weighted by Crippen LogP contribution is 2.21. The van der Waals surface area contributed by atoms with Crippen LogP contribution < -0.4 is 11.1 Å². The number of carbonyl (C=O) groups excluding carboxylic acids is 1. The van der Waals surface area contributed by atoms with Crippen LogP contribution in [0, 0.1) is 0 Å². The van der Waals surface area contributed by atoms with Crippen LogP contribution in [0.2, 0.25) is 0 Å². The fraction of sp³-hybridized carbons (Fsp3) is 0.556. The lowest BCUT2D eigenvalue weighted by molar-refractivity contribution is -0.117. The van der Waals surface area contributed by atoms with Gasteiger partial charge in [-0.1, -0.05) is 13.8 Å². The van der Waals surface area contributed by atoms with E-state index < -0.39 is 6.04 Å². The molecule has 0 bridgehead atoms. The highest BCUT2D eigenvalue weighted by molar-refractivity contribution is 7.13. The number of nitrogens with one attached hydrogen (secondary N) is 1. The molecule has 15 heavy (non-hydrogen) atoms. The predicted molar refractivity (Wildman–Crippen MR) is 65.7 cm³/mol. The van der Waals surface area contributed by atoms with E-state index in [1.54, 1.807) is 6.92 Å². The molecule has 0 aromatic carbocycles. The average Bonchev–Trinajstić information content (AvgIpc) is 2.52. The number of nitrogens with two attached hydrogens (primary N) is 1. The van der Waals surface area contributed by atoms with E-state index in [9.17, 15) is 4.79 Å². The van der Waals surface area contributed by atoms with Crippen LogP contribution in [0.1, 0.15) is 32.4 Å². The van der Waals surface area contributed by atoms with Crippen molar-refractivity contribution in [1.29, 1.82) is 0 Å². The molecule has 0 fully saturated rings. The van der Waals surface area contributed by atoms with Crippen molar-refractivity contribution in [2.75, 3.05) is 5.32 Å². The quantitative estimate of drug-likeness (QED) is 0.861. The lowest BCUT2D eigenvalue weighted by Crippen LogP contribution is -2.32. The minimum atomic E-state index is -0.499. The zero-order chi connectivity index (χ0) is 10.7. The molecule has 3 N–H and O–H groups in total. The molecule has 1 rings (SSSR count). The van der Waals surface area contributed by atoms with E-state index >= 15 is 0 Å². The van der Waals surface area contributed by atoms with Crippen LogP contribution in [0.3, 0.4) is 0 Å². The van der Waals surface area contributed by atoms with Crippen LogP contribution in [0.4, 0.5) is 5.13 Å². The molecule has 0 saturated carbocycles. The van der Waals surface area contributed by atoms with Gasteiger partial charge in [0, 0.05) is 5.38 Å². The van der Waals surface area contributed by atoms with Crippen LogP contribution in [0.5, 0.6) is 0 Å². The molecular weight excluding hydrogens is 234 g/mol. The number of carbonyl (C=O) groups is 1. The first-order valence-electron chi connectivity index (χ1n) is 4.52. The Labute approximate surface area is 99.7 Å². The number of hydrogen-bond acceptors (Lipinski definition) is 4. The number of amides is 1. The van der Waals surface area contributed by atoms with E-state index in [1.807, 2.05) is 5.38 Å². The van der Waals surface area contributed by atoms with Gasteiger partial charge in [0.15, 0.2) is 5.13 Å². The second-order valence-corrected chi connectivity index (χ2v) is 4.37. The Morgan fingerprint density at radius 3 is 2.53 bits per heavy atom. The number of thiazole rings is 1. The summed E-state index contributed by atoms with van der Waals surface area (Å²) in [4.78, 5) is 15.5. The maximum atomic E-state index is 11.2. The number of aromatic nitrogens is 1. The molecule has 0 aliphatic rings. The number of halogens is 1. The standard InChI is InChI=1S/C9H15N3OS.ClH/c1-5(2)7-4-14-9(11-7)12-8(13)6(3)10;/h4-6H,10H2,1-3H3,(H,11,12,13);1H. The van der Waals surface area contributed by atoms with Crippen LogP contribution in [-0.4, -0.2) is 16.9 Å². The lowest BCUT2D eigenvalue weighted by atomic mass is 10.2. The summed E-state index contributed by atoms with van der Waals surface area (Å²) in [5.41, 5.74) is 6.41. The maximum absolute atomic E-state index is 11.2. The molecule has 0 radical (unpaired) electrons. The first-order valence-corrected chi connectivity index (χ1v) is 5.40. The second-order valence-electron chi connectivity index (χ2n) is 3.51. The normalized spacial score (nSPS) is 12.1. The average molecular weight is 250 g/mol. The van der Waals surface area contributed by atoms with E-state index in [0.717, 1.165) is 5.69 Å². The van der Waals surface area contributed by atoms with Crippen molar-refractivity contribution >= 4 is 34.8 Å². The van der Waals surface area contributed by atoms with Crippen LogP contribution >= 0.6 is 23.7 Å². The van der Waals surface area contributed by atoms with Crippen molar-refractivity contribution in [3.8, 4) is 0 Å². The van der Waals surface area contributed by atoms with Gasteiger partial charge in [0.1, 0.15) is 0 Å². The van der Waals surface area contributed by atoms with E-state index in [1.165, 1.54) is 11.3 Å². The maximum Gasteiger partial charge on any atom is 0.242 e. The zero-order valence-corrected chi connectivity index (χ0v) is 10.6. The third-order valence-corrected chi connectivity index (χ3v) is 2.53. The zero-order valence-electron chi connectivity index (χ0n) is 8.98. The highest BCUT2D eigenvalue weighted by atomic mass is 35.5. The molecule has 1 unspecified atom stereocenters. The summed E-state index contributed by atoms with van der Waals surface area (Å²) in [5, 5.41) is 5.23.